The second kappa shape index (κ2) is 10.8. The Morgan fingerprint density at radius 3 is 2.59 bits per heavy atom. The molecule has 0 aliphatic heterocycles. The molecular formula is C23H23ClN4O4. The molecule has 32 heavy (non-hydrogen) atoms. The van der Waals surface area contributed by atoms with E-state index in [4.69, 9.17) is 14.4 Å². The molecule has 0 amide bonds. The molecule has 9 heteroatoms. The van der Waals surface area contributed by atoms with Crippen LogP contribution in [0.4, 0.5) is 0 Å². The molecule has 2 aromatic carbocycles. The Balaban J connectivity index is 0.00000289. The van der Waals surface area contributed by atoms with Gasteiger partial charge in [0.05, 0.1) is 18.2 Å². The van der Waals surface area contributed by atoms with Crippen molar-refractivity contribution in [2.75, 3.05) is 6.54 Å². The third kappa shape index (κ3) is 5.63. The average Bonchev–Trinajstić information content (AvgIpc) is 3.47. The smallest absolute Gasteiger partial charge is 0.317 e. The second-order valence-corrected chi connectivity index (χ2v) is 7.46. The van der Waals surface area contributed by atoms with Crippen LogP contribution in [-0.2, 0) is 11.3 Å². The third-order valence-corrected chi connectivity index (χ3v) is 5.19. The molecule has 0 spiro atoms. The van der Waals surface area contributed by atoms with Crippen LogP contribution in [0.25, 0.3) is 22.8 Å². The van der Waals surface area contributed by atoms with E-state index in [1.165, 1.54) is 0 Å². The zero-order valence-electron chi connectivity index (χ0n) is 17.3. The predicted molar refractivity (Wildman–Crippen MR) is 119 cm³/mol. The van der Waals surface area contributed by atoms with Crippen LogP contribution < -0.4 is 10.1 Å². The van der Waals surface area contributed by atoms with Gasteiger partial charge in [-0.1, -0.05) is 29.4 Å². The van der Waals surface area contributed by atoms with Crippen molar-refractivity contribution in [3.05, 3.63) is 53.6 Å². The van der Waals surface area contributed by atoms with Crippen molar-refractivity contribution in [3.63, 3.8) is 0 Å². The van der Waals surface area contributed by atoms with Crippen LogP contribution in [0.5, 0.6) is 5.75 Å². The van der Waals surface area contributed by atoms with Gasteiger partial charge < -0.3 is 19.7 Å². The Bertz CT molecular complexity index is 1100. The van der Waals surface area contributed by atoms with Crippen LogP contribution in [0, 0.1) is 11.3 Å². The molecule has 3 aromatic rings. The first-order chi connectivity index (χ1) is 15.1. The van der Waals surface area contributed by atoms with E-state index in [0.29, 0.717) is 35.1 Å². The maximum absolute atomic E-state index is 10.6. The monoisotopic (exact) mass is 454 g/mol. The number of hydrogen-bond donors (Lipinski definition) is 2. The predicted octanol–water partition coefficient (Wildman–Crippen LogP) is 4.19. The molecule has 0 atom stereocenters. The number of carbonyl (C=O) groups is 1. The van der Waals surface area contributed by atoms with Gasteiger partial charge in [-0.15, -0.1) is 12.4 Å². The fraction of sp³-hybridized carbons (Fsp3) is 0.304. The molecule has 0 bridgehead atoms. The topological polar surface area (TPSA) is 121 Å². The molecule has 1 saturated carbocycles. The number of aliphatic carboxylic acids is 1. The van der Waals surface area contributed by atoms with Gasteiger partial charge in [-0.3, -0.25) is 4.79 Å². The van der Waals surface area contributed by atoms with Crippen molar-refractivity contribution >= 4 is 18.4 Å². The normalized spacial score (nSPS) is 13.3. The number of nitriles is 1. The summed E-state index contributed by atoms with van der Waals surface area (Å²) in [7, 11) is 0. The van der Waals surface area contributed by atoms with Gasteiger partial charge in [-0.05, 0) is 49.4 Å². The Labute approximate surface area is 191 Å². The van der Waals surface area contributed by atoms with E-state index in [1.54, 1.807) is 12.1 Å². The van der Waals surface area contributed by atoms with Crippen LogP contribution in [0.1, 0.15) is 36.8 Å². The SMILES string of the molecule is Cl.N#Cc1cc(-c2nc(-c3ccc(CNCC(=O)O)cc3)no2)ccc1OC1CCCC1. The molecule has 8 nitrogen and oxygen atoms in total. The maximum Gasteiger partial charge on any atom is 0.317 e. The number of nitrogens with one attached hydrogen (secondary N) is 1. The summed E-state index contributed by atoms with van der Waals surface area (Å²) in [4.78, 5) is 15.0. The molecule has 1 aromatic heterocycles. The molecule has 0 unspecified atom stereocenters. The van der Waals surface area contributed by atoms with E-state index in [2.05, 4.69) is 21.5 Å². The average molecular weight is 455 g/mol. The van der Waals surface area contributed by atoms with E-state index in [1.807, 2.05) is 30.3 Å². The first kappa shape index (κ1) is 23.3. The highest BCUT2D eigenvalue weighted by Crippen LogP contribution is 2.30. The van der Waals surface area contributed by atoms with Gasteiger partial charge in [-0.25, -0.2) is 0 Å². The summed E-state index contributed by atoms with van der Waals surface area (Å²) in [5.41, 5.74) is 2.83. The van der Waals surface area contributed by atoms with E-state index in [-0.39, 0.29) is 25.1 Å². The molecule has 2 N–H and O–H groups in total. The Kier molecular flexibility index (Phi) is 7.82. The van der Waals surface area contributed by atoms with E-state index >= 15 is 0 Å². The van der Waals surface area contributed by atoms with Gasteiger partial charge in [0.25, 0.3) is 5.89 Å². The number of rotatable bonds is 8. The second-order valence-electron chi connectivity index (χ2n) is 7.46. The summed E-state index contributed by atoms with van der Waals surface area (Å²) in [6.45, 7) is 0.363. The Hall–Kier alpha value is -3.41. The van der Waals surface area contributed by atoms with Crippen molar-refractivity contribution < 1.29 is 19.2 Å². The lowest BCUT2D eigenvalue weighted by atomic mass is 10.1. The lowest BCUT2D eigenvalue weighted by Gasteiger charge is -2.14. The van der Waals surface area contributed by atoms with Crippen LogP contribution in [0.15, 0.2) is 47.0 Å². The lowest BCUT2D eigenvalue weighted by Crippen LogP contribution is -2.21. The zero-order chi connectivity index (χ0) is 21.6. The molecule has 1 aliphatic rings. The van der Waals surface area contributed by atoms with Crippen molar-refractivity contribution in [2.45, 2.75) is 38.3 Å². The summed E-state index contributed by atoms with van der Waals surface area (Å²) >= 11 is 0. The number of halogens is 1. The molecule has 0 saturated heterocycles. The van der Waals surface area contributed by atoms with Crippen molar-refractivity contribution in [1.82, 2.24) is 15.5 Å². The largest absolute Gasteiger partial charge is 0.489 e. The summed E-state index contributed by atoms with van der Waals surface area (Å²) in [6, 6.07) is 15.0. The van der Waals surface area contributed by atoms with Crippen molar-refractivity contribution in [3.8, 4) is 34.7 Å². The van der Waals surface area contributed by atoms with Gasteiger partial charge in [0.15, 0.2) is 0 Å². The number of ether oxygens (including phenoxy) is 1. The Morgan fingerprint density at radius 2 is 1.91 bits per heavy atom. The van der Waals surface area contributed by atoms with Crippen molar-refractivity contribution in [1.29, 1.82) is 5.26 Å². The lowest BCUT2D eigenvalue weighted by molar-refractivity contribution is -0.136. The van der Waals surface area contributed by atoms with Gasteiger partial charge in [-0.2, -0.15) is 10.2 Å². The third-order valence-electron chi connectivity index (χ3n) is 5.19. The van der Waals surface area contributed by atoms with E-state index in [9.17, 15) is 10.1 Å². The highest BCUT2D eigenvalue weighted by molar-refractivity contribution is 5.85. The molecule has 166 valence electrons. The van der Waals surface area contributed by atoms with Gasteiger partial charge in [0.2, 0.25) is 5.82 Å². The quantitative estimate of drug-likeness (QED) is 0.519. The zero-order valence-corrected chi connectivity index (χ0v) is 18.1. The highest BCUT2D eigenvalue weighted by atomic mass is 35.5. The maximum atomic E-state index is 10.6. The van der Waals surface area contributed by atoms with Crippen LogP contribution in [0.2, 0.25) is 0 Å². The van der Waals surface area contributed by atoms with Gasteiger partial charge >= 0.3 is 5.97 Å². The standard InChI is InChI=1S/C23H22N4O4.ClH/c24-12-18-11-17(9-10-20(18)30-19-3-1-2-4-19)23-26-22(27-31-23)16-7-5-15(6-8-16)13-25-14-21(28)29;/h5-11,19,25H,1-4,13-14H2,(H,28,29);1H. The number of nitrogens with zero attached hydrogens (tertiary/aromatic N) is 3. The first-order valence-electron chi connectivity index (χ1n) is 10.2. The molecule has 1 fully saturated rings. The van der Waals surface area contributed by atoms with E-state index < -0.39 is 5.97 Å². The van der Waals surface area contributed by atoms with Crippen LogP contribution in [-0.4, -0.2) is 33.9 Å². The molecule has 1 heterocycles. The number of hydrogen-bond acceptors (Lipinski definition) is 7. The fourth-order valence-corrected chi connectivity index (χ4v) is 3.58. The van der Waals surface area contributed by atoms with E-state index in [0.717, 1.165) is 36.8 Å². The van der Waals surface area contributed by atoms with Crippen LogP contribution in [0.3, 0.4) is 0 Å². The molecule has 1 aliphatic carbocycles. The minimum Gasteiger partial charge on any atom is -0.489 e. The summed E-state index contributed by atoms with van der Waals surface area (Å²) in [5, 5.41) is 25.1. The summed E-state index contributed by atoms with van der Waals surface area (Å²) in [5.74, 6) is 0.453. The van der Waals surface area contributed by atoms with Gasteiger partial charge in [0, 0.05) is 17.7 Å². The molecule has 0 radical (unpaired) electrons. The summed E-state index contributed by atoms with van der Waals surface area (Å²) in [6.07, 6.45) is 4.54. The highest BCUT2D eigenvalue weighted by Gasteiger charge is 2.19. The minimum atomic E-state index is -0.895. The number of carboxylic acid groups (broad SMARTS) is 1. The number of benzene rings is 2. The minimum absolute atomic E-state index is 0. The summed E-state index contributed by atoms with van der Waals surface area (Å²) < 4.78 is 11.4. The van der Waals surface area contributed by atoms with Crippen molar-refractivity contribution in [2.24, 2.45) is 0 Å². The molecule has 4 rings (SSSR count). The fourth-order valence-electron chi connectivity index (χ4n) is 3.58. The Morgan fingerprint density at radius 1 is 1.19 bits per heavy atom. The van der Waals surface area contributed by atoms with Gasteiger partial charge in [0.1, 0.15) is 11.8 Å². The first-order valence-corrected chi connectivity index (χ1v) is 10.2. The number of aromatic nitrogens is 2. The van der Waals surface area contributed by atoms with Crippen LogP contribution >= 0.6 is 12.4 Å². The molecular weight excluding hydrogens is 432 g/mol. The number of carboxylic acids is 1.